The van der Waals surface area contributed by atoms with Crippen molar-refractivity contribution >= 4 is 40.4 Å². The topological polar surface area (TPSA) is 66.8 Å². The smallest absolute Gasteiger partial charge is 0.295 e. The van der Waals surface area contributed by atoms with E-state index in [2.05, 4.69) is 0 Å². The molecule has 1 aliphatic rings. The molecule has 0 radical (unpaired) electrons. The molecule has 31 heavy (non-hydrogen) atoms. The van der Waals surface area contributed by atoms with E-state index in [1.807, 2.05) is 17.5 Å². The molecular weight excluding hydrogens is 441 g/mol. The van der Waals surface area contributed by atoms with E-state index in [1.54, 1.807) is 24.3 Å². The summed E-state index contributed by atoms with van der Waals surface area (Å²) in [6, 6.07) is 13.1. The summed E-state index contributed by atoms with van der Waals surface area (Å²) in [6.07, 6.45) is 0. The minimum Gasteiger partial charge on any atom is -0.507 e. The number of amides is 1. The molecule has 1 aromatic heterocycles. The molecule has 1 atom stereocenters. The molecule has 4 rings (SSSR count). The summed E-state index contributed by atoms with van der Waals surface area (Å²) in [4.78, 5) is 28.3. The number of thiophene rings is 1. The Balaban J connectivity index is 1.91. The number of rotatable bonds is 5. The van der Waals surface area contributed by atoms with Gasteiger partial charge in [0.05, 0.1) is 30.8 Å². The highest BCUT2D eigenvalue weighted by Crippen LogP contribution is 2.42. The monoisotopic (exact) mass is 457 g/mol. The highest BCUT2D eigenvalue weighted by molar-refractivity contribution is 7.09. The van der Waals surface area contributed by atoms with Crippen molar-refractivity contribution in [2.24, 2.45) is 0 Å². The first-order valence-corrected chi connectivity index (χ1v) is 10.6. The van der Waals surface area contributed by atoms with Gasteiger partial charge in [0, 0.05) is 9.90 Å². The number of likely N-dealkylation sites (tertiary alicyclic amines) is 1. The number of methoxy groups -OCH3 is 1. The van der Waals surface area contributed by atoms with Crippen LogP contribution < -0.4 is 4.74 Å². The number of nitrogens with zero attached hydrogens (tertiary/aromatic N) is 1. The summed E-state index contributed by atoms with van der Waals surface area (Å²) < 4.78 is 19.2. The average molecular weight is 458 g/mol. The number of halogens is 2. The lowest BCUT2D eigenvalue weighted by molar-refractivity contribution is -0.140. The van der Waals surface area contributed by atoms with Gasteiger partial charge in [-0.3, -0.25) is 9.59 Å². The van der Waals surface area contributed by atoms with Crippen LogP contribution in [-0.2, 0) is 16.1 Å². The van der Waals surface area contributed by atoms with E-state index in [9.17, 15) is 19.1 Å². The standard InChI is InChI=1S/C23H17ClFNO4S/c1-30-18-9-8-15(25)11-17(18)21(27)19-20(13-4-6-14(24)7-5-13)26(23(29)22(19)28)12-16-3-2-10-31-16/h2-11,20,27H,12H2,1H3/b21-19+. The Hall–Kier alpha value is -3.16. The molecule has 1 unspecified atom stereocenters. The fourth-order valence-electron chi connectivity index (χ4n) is 3.62. The van der Waals surface area contributed by atoms with E-state index in [-0.39, 0.29) is 23.4 Å². The van der Waals surface area contributed by atoms with Gasteiger partial charge in [-0.1, -0.05) is 29.8 Å². The minimum atomic E-state index is -0.868. The third kappa shape index (κ3) is 3.94. The highest BCUT2D eigenvalue weighted by Gasteiger charge is 2.46. The maximum Gasteiger partial charge on any atom is 0.295 e. The van der Waals surface area contributed by atoms with Gasteiger partial charge in [-0.05, 0) is 47.3 Å². The van der Waals surface area contributed by atoms with E-state index >= 15 is 0 Å². The summed E-state index contributed by atoms with van der Waals surface area (Å²) in [6.45, 7) is 0.187. The second-order valence-electron chi connectivity index (χ2n) is 6.90. The Bertz CT molecular complexity index is 1170. The first-order valence-electron chi connectivity index (χ1n) is 9.31. The van der Waals surface area contributed by atoms with Crippen molar-refractivity contribution in [3.8, 4) is 5.75 Å². The van der Waals surface area contributed by atoms with Crippen LogP contribution in [0.25, 0.3) is 5.76 Å². The lowest BCUT2D eigenvalue weighted by Crippen LogP contribution is -2.28. The van der Waals surface area contributed by atoms with Crippen LogP contribution in [0.4, 0.5) is 4.39 Å². The van der Waals surface area contributed by atoms with Gasteiger partial charge in [0.2, 0.25) is 0 Å². The van der Waals surface area contributed by atoms with Crippen LogP contribution in [0.15, 0.2) is 65.6 Å². The molecule has 0 bridgehead atoms. The van der Waals surface area contributed by atoms with Crippen molar-refractivity contribution in [2.75, 3.05) is 7.11 Å². The number of carbonyl (C=O) groups excluding carboxylic acids is 2. The third-order valence-electron chi connectivity index (χ3n) is 5.05. The van der Waals surface area contributed by atoms with E-state index in [0.29, 0.717) is 10.6 Å². The normalized spacial score (nSPS) is 17.9. The average Bonchev–Trinajstić information content (AvgIpc) is 3.36. The lowest BCUT2D eigenvalue weighted by Gasteiger charge is -2.25. The summed E-state index contributed by atoms with van der Waals surface area (Å²) in [5.74, 6) is -2.52. The number of aliphatic hydroxyl groups excluding tert-OH is 1. The molecule has 0 aliphatic carbocycles. The zero-order valence-corrected chi connectivity index (χ0v) is 17.9. The van der Waals surface area contributed by atoms with Gasteiger partial charge >= 0.3 is 0 Å². The molecule has 1 aliphatic heterocycles. The maximum atomic E-state index is 13.9. The van der Waals surface area contributed by atoms with Crippen molar-refractivity contribution in [3.05, 3.63) is 92.4 Å². The van der Waals surface area contributed by atoms with Crippen LogP contribution in [0.2, 0.25) is 5.02 Å². The Morgan fingerprint density at radius 1 is 1.19 bits per heavy atom. The van der Waals surface area contributed by atoms with E-state index in [0.717, 1.165) is 10.9 Å². The van der Waals surface area contributed by atoms with Crippen molar-refractivity contribution in [1.82, 2.24) is 4.90 Å². The van der Waals surface area contributed by atoms with Crippen LogP contribution in [0.5, 0.6) is 5.75 Å². The second kappa shape index (κ2) is 8.53. The zero-order valence-electron chi connectivity index (χ0n) is 16.3. The lowest BCUT2D eigenvalue weighted by atomic mass is 9.95. The van der Waals surface area contributed by atoms with Gasteiger partial charge in [0.25, 0.3) is 11.7 Å². The molecule has 1 N–H and O–H groups in total. The van der Waals surface area contributed by atoms with Gasteiger partial charge in [-0.2, -0.15) is 0 Å². The number of aliphatic hydroxyl groups is 1. The van der Waals surface area contributed by atoms with Crippen molar-refractivity contribution in [2.45, 2.75) is 12.6 Å². The number of benzene rings is 2. The molecule has 2 heterocycles. The number of carbonyl (C=O) groups is 2. The predicted molar refractivity (Wildman–Crippen MR) is 117 cm³/mol. The highest BCUT2D eigenvalue weighted by atomic mass is 35.5. The summed E-state index contributed by atoms with van der Waals surface area (Å²) in [7, 11) is 1.37. The molecule has 0 spiro atoms. The predicted octanol–water partition coefficient (Wildman–Crippen LogP) is 5.17. The Kier molecular flexibility index (Phi) is 5.80. The van der Waals surface area contributed by atoms with Gasteiger partial charge in [-0.25, -0.2) is 4.39 Å². The third-order valence-corrected chi connectivity index (χ3v) is 6.16. The molecule has 8 heteroatoms. The summed E-state index contributed by atoms with van der Waals surface area (Å²) in [5, 5.41) is 13.5. The van der Waals surface area contributed by atoms with Crippen LogP contribution >= 0.6 is 22.9 Å². The fourth-order valence-corrected chi connectivity index (χ4v) is 4.44. The number of Topliss-reactive ketones (excluding diaryl/α,β-unsaturated/α-hetero) is 1. The van der Waals surface area contributed by atoms with Gasteiger partial charge in [0.15, 0.2) is 0 Å². The van der Waals surface area contributed by atoms with Gasteiger partial charge in [-0.15, -0.1) is 11.3 Å². The Labute approximate surface area is 187 Å². The molecule has 1 fully saturated rings. The molecule has 158 valence electrons. The molecular formula is C23H17ClFNO4S. The number of hydrogen-bond donors (Lipinski definition) is 1. The van der Waals surface area contributed by atoms with E-state index in [1.165, 1.54) is 35.5 Å². The van der Waals surface area contributed by atoms with Crippen LogP contribution in [0.3, 0.4) is 0 Å². The van der Waals surface area contributed by atoms with Crippen LogP contribution in [0, 0.1) is 5.82 Å². The SMILES string of the molecule is COc1ccc(F)cc1/C(O)=C1\C(=O)C(=O)N(Cc2cccs2)C1c1ccc(Cl)cc1. The summed E-state index contributed by atoms with van der Waals surface area (Å²) in [5.41, 5.74) is 0.459. The molecule has 0 saturated carbocycles. The van der Waals surface area contributed by atoms with Crippen molar-refractivity contribution < 1.29 is 23.8 Å². The zero-order chi connectivity index (χ0) is 22.1. The number of ether oxygens (including phenoxy) is 1. The summed E-state index contributed by atoms with van der Waals surface area (Å²) >= 11 is 7.47. The van der Waals surface area contributed by atoms with Gasteiger partial charge in [0.1, 0.15) is 17.3 Å². The fraction of sp³-hybridized carbons (Fsp3) is 0.130. The van der Waals surface area contributed by atoms with Crippen molar-refractivity contribution in [1.29, 1.82) is 0 Å². The Morgan fingerprint density at radius 3 is 2.58 bits per heavy atom. The minimum absolute atomic E-state index is 0.00409. The largest absolute Gasteiger partial charge is 0.507 e. The number of ketones is 1. The second-order valence-corrected chi connectivity index (χ2v) is 8.37. The van der Waals surface area contributed by atoms with Gasteiger partial charge < -0.3 is 14.7 Å². The van der Waals surface area contributed by atoms with E-state index in [4.69, 9.17) is 16.3 Å². The first-order chi connectivity index (χ1) is 14.9. The van der Waals surface area contributed by atoms with Crippen LogP contribution in [-0.4, -0.2) is 28.8 Å². The molecule has 3 aromatic rings. The molecule has 1 saturated heterocycles. The molecule has 1 amide bonds. The number of hydrogen-bond acceptors (Lipinski definition) is 5. The Morgan fingerprint density at radius 2 is 1.94 bits per heavy atom. The maximum absolute atomic E-state index is 13.9. The quantitative estimate of drug-likeness (QED) is 0.326. The van der Waals surface area contributed by atoms with E-state index < -0.39 is 29.3 Å². The van der Waals surface area contributed by atoms with Crippen molar-refractivity contribution in [3.63, 3.8) is 0 Å². The molecule has 5 nitrogen and oxygen atoms in total. The van der Waals surface area contributed by atoms with Crippen LogP contribution in [0.1, 0.15) is 22.0 Å². The first kappa shape index (κ1) is 21.1. The molecule has 2 aromatic carbocycles.